The van der Waals surface area contributed by atoms with Crippen LogP contribution in [0.3, 0.4) is 0 Å². The van der Waals surface area contributed by atoms with Gasteiger partial charge in [0, 0.05) is 19.0 Å². The van der Waals surface area contributed by atoms with Gasteiger partial charge in [-0.25, -0.2) is 4.79 Å². The fourth-order valence-corrected chi connectivity index (χ4v) is 3.22. The molecule has 1 aliphatic heterocycles. The van der Waals surface area contributed by atoms with Crippen LogP contribution in [-0.2, 0) is 25.5 Å². The zero-order valence-corrected chi connectivity index (χ0v) is 16.1. The number of ether oxygens (including phenoxy) is 1. The molecular weight excluding hydrogens is 399 g/mol. The number of unbranched alkanes of at least 4 members (excludes halogenated alkanes) is 1. The van der Waals surface area contributed by atoms with Crippen LogP contribution in [0.15, 0.2) is 42.2 Å². The summed E-state index contributed by atoms with van der Waals surface area (Å²) < 4.78 is 69.8. The molecule has 1 aliphatic rings. The van der Waals surface area contributed by atoms with Gasteiger partial charge in [0.05, 0.1) is 6.61 Å². The summed E-state index contributed by atoms with van der Waals surface area (Å²) in [6, 6.07) is 8.43. The standard InChI is InChI=1S/C18H22F3NO5S/c1-2-3-11-26-17(23)22-10-9-16(27-28(24,25)18(19,20)21)13-15(22)12-14-7-5-4-6-8-14/h4-9,15H,2-3,10-13H2,1H3. The molecule has 0 radical (unpaired) electrons. The summed E-state index contributed by atoms with van der Waals surface area (Å²) >= 11 is 0. The molecule has 2 rings (SSSR count). The lowest BCUT2D eigenvalue weighted by molar-refractivity contribution is -0.0526. The van der Waals surface area contributed by atoms with Gasteiger partial charge in [-0.3, -0.25) is 0 Å². The zero-order chi connectivity index (χ0) is 20.8. The number of benzene rings is 1. The molecule has 0 spiro atoms. The third-order valence-corrected chi connectivity index (χ3v) is 5.17. The first-order chi connectivity index (χ1) is 13.1. The van der Waals surface area contributed by atoms with Crippen molar-refractivity contribution in [3.05, 3.63) is 47.7 Å². The van der Waals surface area contributed by atoms with Gasteiger partial charge in [0.15, 0.2) is 0 Å². The Bertz CT molecular complexity index is 793. The second-order valence-electron chi connectivity index (χ2n) is 6.32. The highest BCUT2D eigenvalue weighted by atomic mass is 32.2. The van der Waals surface area contributed by atoms with Crippen LogP contribution in [0.25, 0.3) is 0 Å². The molecule has 1 unspecified atom stereocenters. The van der Waals surface area contributed by atoms with Gasteiger partial charge in [-0.05, 0) is 24.5 Å². The first-order valence-corrected chi connectivity index (χ1v) is 10.2. The topological polar surface area (TPSA) is 72.9 Å². The Morgan fingerprint density at radius 2 is 1.93 bits per heavy atom. The van der Waals surface area contributed by atoms with E-state index in [-0.39, 0.29) is 25.3 Å². The fourth-order valence-electron chi connectivity index (χ4n) is 2.71. The lowest BCUT2D eigenvalue weighted by Crippen LogP contribution is -2.45. The Morgan fingerprint density at radius 3 is 2.54 bits per heavy atom. The molecule has 0 aromatic heterocycles. The maximum Gasteiger partial charge on any atom is 0.534 e. The lowest BCUT2D eigenvalue weighted by atomic mass is 9.98. The lowest BCUT2D eigenvalue weighted by Gasteiger charge is -2.34. The number of amides is 1. The quantitative estimate of drug-likeness (QED) is 0.378. The SMILES string of the molecule is CCCCOC(=O)N1CC=C(OS(=O)(=O)C(F)(F)F)CC1Cc1ccccc1. The minimum Gasteiger partial charge on any atom is -0.449 e. The van der Waals surface area contributed by atoms with Gasteiger partial charge < -0.3 is 13.8 Å². The zero-order valence-electron chi connectivity index (χ0n) is 15.3. The summed E-state index contributed by atoms with van der Waals surface area (Å²) in [5.41, 5.74) is -4.67. The molecule has 1 atom stereocenters. The number of nitrogens with zero attached hydrogens (tertiary/aromatic N) is 1. The summed E-state index contributed by atoms with van der Waals surface area (Å²) in [5, 5.41) is 0. The third-order valence-electron chi connectivity index (χ3n) is 4.17. The Hall–Kier alpha value is -2.23. The van der Waals surface area contributed by atoms with Crippen molar-refractivity contribution in [2.24, 2.45) is 0 Å². The van der Waals surface area contributed by atoms with E-state index < -0.39 is 27.8 Å². The van der Waals surface area contributed by atoms with Crippen molar-refractivity contribution in [1.29, 1.82) is 0 Å². The van der Waals surface area contributed by atoms with Gasteiger partial charge >= 0.3 is 21.7 Å². The molecule has 156 valence electrons. The summed E-state index contributed by atoms with van der Waals surface area (Å²) in [5.74, 6) is -0.337. The van der Waals surface area contributed by atoms with E-state index in [9.17, 15) is 26.4 Å². The highest BCUT2D eigenvalue weighted by molar-refractivity contribution is 7.87. The van der Waals surface area contributed by atoms with Gasteiger partial charge in [-0.1, -0.05) is 43.7 Å². The summed E-state index contributed by atoms with van der Waals surface area (Å²) in [6.07, 6.45) is 2.24. The highest BCUT2D eigenvalue weighted by Crippen LogP contribution is 2.30. The molecule has 0 saturated carbocycles. The normalized spacial score (nSPS) is 17.8. The third kappa shape index (κ3) is 5.88. The smallest absolute Gasteiger partial charge is 0.449 e. The van der Waals surface area contributed by atoms with E-state index in [4.69, 9.17) is 4.74 Å². The predicted octanol–water partition coefficient (Wildman–Crippen LogP) is 3.99. The molecule has 6 nitrogen and oxygen atoms in total. The maximum absolute atomic E-state index is 12.6. The first kappa shape index (κ1) is 22.1. The molecule has 0 bridgehead atoms. The Kier molecular flexibility index (Phi) is 7.34. The Balaban J connectivity index is 2.17. The molecule has 10 heteroatoms. The van der Waals surface area contributed by atoms with E-state index in [0.717, 1.165) is 18.1 Å². The number of alkyl halides is 3. The average molecular weight is 421 g/mol. The minimum absolute atomic E-state index is 0.106. The second kappa shape index (κ2) is 9.31. The number of halogens is 3. The van der Waals surface area contributed by atoms with E-state index >= 15 is 0 Å². The Labute approximate surface area is 162 Å². The molecule has 0 aliphatic carbocycles. The fraction of sp³-hybridized carbons (Fsp3) is 0.500. The summed E-state index contributed by atoms with van der Waals surface area (Å²) in [6.45, 7) is 2.07. The summed E-state index contributed by atoms with van der Waals surface area (Å²) in [4.78, 5) is 13.7. The summed E-state index contributed by atoms with van der Waals surface area (Å²) in [7, 11) is -5.75. The number of carbonyl (C=O) groups excluding carboxylic acids is 1. The Morgan fingerprint density at radius 1 is 1.25 bits per heavy atom. The predicted molar refractivity (Wildman–Crippen MR) is 95.7 cm³/mol. The van der Waals surface area contributed by atoms with Crippen molar-refractivity contribution in [1.82, 2.24) is 4.90 Å². The van der Waals surface area contributed by atoms with Crippen molar-refractivity contribution >= 4 is 16.2 Å². The monoisotopic (exact) mass is 421 g/mol. The molecule has 0 N–H and O–H groups in total. The van der Waals surface area contributed by atoms with Crippen LogP contribution in [0.2, 0.25) is 0 Å². The molecule has 1 aromatic rings. The molecule has 1 heterocycles. The van der Waals surface area contributed by atoms with Gasteiger partial charge in [-0.15, -0.1) is 0 Å². The van der Waals surface area contributed by atoms with Crippen LogP contribution in [0.5, 0.6) is 0 Å². The van der Waals surface area contributed by atoms with E-state index in [1.807, 2.05) is 25.1 Å². The maximum atomic E-state index is 12.6. The van der Waals surface area contributed by atoms with E-state index in [1.54, 1.807) is 12.1 Å². The van der Waals surface area contributed by atoms with Crippen LogP contribution in [-0.4, -0.2) is 44.1 Å². The van der Waals surface area contributed by atoms with Gasteiger partial charge in [-0.2, -0.15) is 21.6 Å². The minimum atomic E-state index is -5.75. The number of carbonyl (C=O) groups is 1. The average Bonchev–Trinajstić information content (AvgIpc) is 2.61. The second-order valence-corrected chi connectivity index (χ2v) is 7.86. The van der Waals surface area contributed by atoms with Crippen molar-refractivity contribution in [2.45, 2.75) is 44.2 Å². The largest absolute Gasteiger partial charge is 0.534 e. The number of rotatable bonds is 7. The van der Waals surface area contributed by atoms with Crippen molar-refractivity contribution < 1.29 is 35.3 Å². The van der Waals surface area contributed by atoms with Crippen LogP contribution < -0.4 is 0 Å². The molecule has 1 amide bonds. The van der Waals surface area contributed by atoms with Crippen LogP contribution >= 0.6 is 0 Å². The van der Waals surface area contributed by atoms with Gasteiger partial charge in [0.25, 0.3) is 0 Å². The van der Waals surface area contributed by atoms with Crippen LogP contribution in [0.1, 0.15) is 31.7 Å². The molecule has 1 aromatic carbocycles. The van der Waals surface area contributed by atoms with Crippen LogP contribution in [0.4, 0.5) is 18.0 Å². The highest BCUT2D eigenvalue weighted by Gasteiger charge is 2.49. The van der Waals surface area contributed by atoms with Gasteiger partial charge in [0.1, 0.15) is 5.76 Å². The number of hydrogen-bond donors (Lipinski definition) is 0. The van der Waals surface area contributed by atoms with Crippen molar-refractivity contribution in [2.75, 3.05) is 13.2 Å². The van der Waals surface area contributed by atoms with E-state index in [2.05, 4.69) is 4.18 Å². The molecule has 28 heavy (non-hydrogen) atoms. The van der Waals surface area contributed by atoms with E-state index in [0.29, 0.717) is 12.8 Å². The van der Waals surface area contributed by atoms with Gasteiger partial charge in [0.2, 0.25) is 0 Å². The molecule has 0 saturated heterocycles. The first-order valence-electron chi connectivity index (χ1n) is 8.81. The van der Waals surface area contributed by atoms with Crippen molar-refractivity contribution in [3.8, 4) is 0 Å². The van der Waals surface area contributed by atoms with E-state index in [1.165, 1.54) is 4.90 Å². The van der Waals surface area contributed by atoms with Crippen molar-refractivity contribution in [3.63, 3.8) is 0 Å². The van der Waals surface area contributed by atoms with Crippen LogP contribution in [0, 0.1) is 0 Å². The molecule has 0 fully saturated rings. The number of hydrogen-bond acceptors (Lipinski definition) is 5. The molecular formula is C18H22F3NO5S.